The van der Waals surface area contributed by atoms with Crippen LogP contribution in [0.2, 0.25) is 0 Å². The van der Waals surface area contributed by atoms with Gasteiger partial charge in [0.05, 0.1) is 12.2 Å². The van der Waals surface area contributed by atoms with E-state index in [-0.39, 0.29) is 11.3 Å². The molecule has 0 radical (unpaired) electrons. The standard InChI is InChI=1S/C11H12ClFO2/c1-8(14)10-7-9(13)3-4-11(10)15-6-2-5-12/h3-4,7H,2,5-6H2,1H3. The second kappa shape index (κ2) is 5.71. The molecule has 0 fully saturated rings. The molecule has 0 bridgehead atoms. The zero-order valence-corrected chi connectivity index (χ0v) is 9.18. The SMILES string of the molecule is CC(=O)c1cc(F)ccc1OCCCCl. The van der Waals surface area contributed by atoms with Crippen LogP contribution in [0.3, 0.4) is 0 Å². The summed E-state index contributed by atoms with van der Waals surface area (Å²) in [5.74, 6) is 0.255. The third-order valence-corrected chi connectivity index (χ3v) is 2.12. The Morgan fingerprint density at radius 3 is 2.87 bits per heavy atom. The third kappa shape index (κ3) is 3.51. The van der Waals surface area contributed by atoms with Gasteiger partial charge in [-0.1, -0.05) is 0 Å². The highest BCUT2D eigenvalue weighted by Gasteiger charge is 2.09. The molecule has 0 aromatic heterocycles. The summed E-state index contributed by atoms with van der Waals surface area (Å²) in [6.45, 7) is 1.80. The van der Waals surface area contributed by atoms with Crippen LogP contribution in [0.25, 0.3) is 0 Å². The summed E-state index contributed by atoms with van der Waals surface area (Å²) in [6.07, 6.45) is 0.691. The van der Waals surface area contributed by atoms with E-state index < -0.39 is 5.82 Å². The Morgan fingerprint density at radius 1 is 1.53 bits per heavy atom. The highest BCUT2D eigenvalue weighted by atomic mass is 35.5. The Bertz CT molecular complexity index is 352. The van der Waals surface area contributed by atoms with Gasteiger partial charge < -0.3 is 4.74 Å². The van der Waals surface area contributed by atoms with E-state index in [1.165, 1.54) is 25.1 Å². The maximum atomic E-state index is 12.9. The summed E-state index contributed by atoms with van der Waals surface area (Å²) in [6, 6.07) is 3.90. The Hall–Kier alpha value is -1.09. The van der Waals surface area contributed by atoms with Gasteiger partial charge in [-0.15, -0.1) is 11.6 Å². The van der Waals surface area contributed by atoms with E-state index in [4.69, 9.17) is 16.3 Å². The monoisotopic (exact) mass is 230 g/mol. The summed E-state index contributed by atoms with van der Waals surface area (Å²) in [5.41, 5.74) is 0.268. The van der Waals surface area contributed by atoms with Crippen molar-refractivity contribution in [2.75, 3.05) is 12.5 Å². The van der Waals surface area contributed by atoms with Crippen molar-refractivity contribution in [2.45, 2.75) is 13.3 Å². The van der Waals surface area contributed by atoms with Crippen LogP contribution in [-0.4, -0.2) is 18.3 Å². The van der Waals surface area contributed by atoms with Crippen molar-refractivity contribution in [1.82, 2.24) is 0 Å². The zero-order chi connectivity index (χ0) is 11.3. The molecule has 0 atom stereocenters. The van der Waals surface area contributed by atoms with Gasteiger partial charge in [0.1, 0.15) is 11.6 Å². The maximum absolute atomic E-state index is 12.9. The number of ether oxygens (including phenoxy) is 1. The Labute approximate surface area is 93.0 Å². The predicted octanol–water partition coefficient (Wildman–Crippen LogP) is 3.04. The molecule has 0 saturated heterocycles. The van der Waals surface area contributed by atoms with Gasteiger partial charge in [0, 0.05) is 5.88 Å². The maximum Gasteiger partial charge on any atom is 0.163 e. The Morgan fingerprint density at radius 2 is 2.27 bits per heavy atom. The lowest BCUT2D eigenvalue weighted by Crippen LogP contribution is -2.03. The molecule has 0 spiro atoms. The second-order valence-electron chi connectivity index (χ2n) is 3.09. The quantitative estimate of drug-likeness (QED) is 0.442. The number of Topliss-reactive ketones (excluding diaryl/α,β-unsaturated/α-hetero) is 1. The zero-order valence-electron chi connectivity index (χ0n) is 8.43. The second-order valence-corrected chi connectivity index (χ2v) is 3.47. The number of ketones is 1. The van der Waals surface area contributed by atoms with Gasteiger partial charge >= 0.3 is 0 Å². The lowest BCUT2D eigenvalue weighted by molar-refractivity contribution is 0.101. The fourth-order valence-electron chi connectivity index (χ4n) is 1.14. The fraction of sp³-hybridized carbons (Fsp3) is 0.364. The van der Waals surface area contributed by atoms with E-state index >= 15 is 0 Å². The topological polar surface area (TPSA) is 26.3 Å². The number of rotatable bonds is 5. The molecular weight excluding hydrogens is 219 g/mol. The van der Waals surface area contributed by atoms with Crippen LogP contribution in [-0.2, 0) is 0 Å². The molecule has 15 heavy (non-hydrogen) atoms. The van der Waals surface area contributed by atoms with E-state index in [9.17, 15) is 9.18 Å². The van der Waals surface area contributed by atoms with Crippen LogP contribution in [0, 0.1) is 5.82 Å². The van der Waals surface area contributed by atoms with Crippen molar-refractivity contribution in [3.8, 4) is 5.75 Å². The lowest BCUT2D eigenvalue weighted by atomic mass is 10.1. The number of carbonyl (C=O) groups excluding carboxylic acids is 1. The van der Waals surface area contributed by atoms with E-state index in [1.54, 1.807) is 0 Å². The summed E-state index contributed by atoms with van der Waals surface area (Å²) in [5, 5.41) is 0. The van der Waals surface area contributed by atoms with Crippen molar-refractivity contribution in [1.29, 1.82) is 0 Å². The predicted molar refractivity (Wildman–Crippen MR) is 57.2 cm³/mol. The van der Waals surface area contributed by atoms with Gasteiger partial charge in [0.25, 0.3) is 0 Å². The van der Waals surface area contributed by atoms with Crippen LogP contribution < -0.4 is 4.74 Å². The fourth-order valence-corrected chi connectivity index (χ4v) is 1.25. The third-order valence-electron chi connectivity index (χ3n) is 1.86. The Kier molecular flexibility index (Phi) is 4.56. The van der Waals surface area contributed by atoms with Gasteiger partial charge in [0.2, 0.25) is 0 Å². The number of halogens is 2. The molecule has 1 aromatic rings. The van der Waals surface area contributed by atoms with E-state index in [0.717, 1.165) is 0 Å². The molecule has 0 N–H and O–H groups in total. The van der Waals surface area contributed by atoms with Crippen LogP contribution in [0.5, 0.6) is 5.75 Å². The van der Waals surface area contributed by atoms with Gasteiger partial charge in [-0.25, -0.2) is 4.39 Å². The first-order valence-electron chi connectivity index (χ1n) is 4.64. The van der Waals surface area contributed by atoms with Gasteiger partial charge in [-0.3, -0.25) is 4.79 Å². The van der Waals surface area contributed by atoms with E-state index in [0.29, 0.717) is 24.7 Å². The molecule has 0 aliphatic carbocycles. The molecule has 1 aromatic carbocycles. The van der Waals surface area contributed by atoms with Crippen molar-refractivity contribution in [3.63, 3.8) is 0 Å². The van der Waals surface area contributed by atoms with Crippen LogP contribution in [0.15, 0.2) is 18.2 Å². The lowest BCUT2D eigenvalue weighted by Gasteiger charge is -2.08. The highest BCUT2D eigenvalue weighted by molar-refractivity contribution is 6.17. The summed E-state index contributed by atoms with van der Waals surface area (Å²) >= 11 is 5.49. The first-order chi connectivity index (χ1) is 7.15. The van der Waals surface area contributed by atoms with Crippen LogP contribution >= 0.6 is 11.6 Å². The molecule has 0 amide bonds. The molecule has 2 nitrogen and oxygen atoms in total. The van der Waals surface area contributed by atoms with Gasteiger partial charge in [0.15, 0.2) is 5.78 Å². The average Bonchev–Trinajstić information content (AvgIpc) is 2.20. The summed E-state index contributed by atoms with van der Waals surface area (Å²) < 4.78 is 18.2. The molecule has 0 unspecified atom stereocenters. The van der Waals surface area contributed by atoms with Gasteiger partial charge in [-0.05, 0) is 31.5 Å². The minimum absolute atomic E-state index is 0.213. The molecular formula is C11H12ClFO2. The minimum atomic E-state index is -0.440. The first kappa shape index (κ1) is 12.0. The number of hydrogen-bond acceptors (Lipinski definition) is 2. The van der Waals surface area contributed by atoms with Crippen molar-refractivity contribution in [2.24, 2.45) is 0 Å². The smallest absolute Gasteiger partial charge is 0.163 e. The minimum Gasteiger partial charge on any atom is -0.493 e. The van der Waals surface area contributed by atoms with Crippen molar-refractivity contribution < 1.29 is 13.9 Å². The molecule has 0 aliphatic heterocycles. The average molecular weight is 231 g/mol. The molecule has 0 heterocycles. The van der Waals surface area contributed by atoms with E-state index in [1.807, 2.05) is 0 Å². The summed E-state index contributed by atoms with van der Waals surface area (Å²) in [4.78, 5) is 11.2. The van der Waals surface area contributed by atoms with Crippen LogP contribution in [0.4, 0.5) is 4.39 Å². The first-order valence-corrected chi connectivity index (χ1v) is 5.18. The molecule has 82 valence electrons. The number of carbonyl (C=O) groups is 1. The van der Waals surface area contributed by atoms with Crippen LogP contribution in [0.1, 0.15) is 23.7 Å². The molecule has 0 aliphatic rings. The number of alkyl halides is 1. The van der Waals surface area contributed by atoms with Gasteiger partial charge in [-0.2, -0.15) is 0 Å². The number of hydrogen-bond donors (Lipinski definition) is 0. The van der Waals surface area contributed by atoms with Crippen molar-refractivity contribution in [3.05, 3.63) is 29.6 Å². The largest absolute Gasteiger partial charge is 0.493 e. The van der Waals surface area contributed by atoms with E-state index in [2.05, 4.69) is 0 Å². The number of benzene rings is 1. The molecule has 1 rings (SSSR count). The normalized spacial score (nSPS) is 10.1. The molecule has 0 saturated carbocycles. The molecule has 4 heteroatoms. The Balaban J connectivity index is 2.81. The summed E-state index contributed by atoms with van der Waals surface area (Å²) in [7, 11) is 0. The van der Waals surface area contributed by atoms with Crippen molar-refractivity contribution >= 4 is 17.4 Å². The highest BCUT2D eigenvalue weighted by Crippen LogP contribution is 2.20.